The minimum Gasteiger partial charge on any atom is -0.131 e. The summed E-state index contributed by atoms with van der Waals surface area (Å²) in [6, 6.07) is 0. The number of nitrogens with zero attached hydrogens (tertiary/aromatic N) is 1. The van der Waals surface area contributed by atoms with Gasteiger partial charge in [-0.3, -0.25) is 0 Å². The van der Waals surface area contributed by atoms with Crippen molar-refractivity contribution in [3.05, 3.63) is 4.91 Å². The fraction of sp³-hybridized carbons (Fsp3) is 0. The van der Waals surface area contributed by atoms with E-state index in [4.69, 9.17) is 4.91 Å². The van der Waals surface area contributed by atoms with E-state index < -0.39 is 0 Å². The molecule has 0 aromatic heterocycles. The first-order valence-electron chi connectivity index (χ1n) is 0.352. The van der Waals surface area contributed by atoms with Crippen LogP contribution in [0.2, 0.25) is 0 Å². The first-order chi connectivity index (χ1) is 1.41. The van der Waals surface area contributed by atoms with Crippen LogP contribution in [-0.4, -0.2) is 0 Å². The van der Waals surface area contributed by atoms with Crippen molar-refractivity contribution >= 4 is 11.8 Å². The SMILES string of the molecule is O=NCl.[Fe+2]. The van der Waals surface area contributed by atoms with Crippen LogP contribution in [-0.2, 0) is 17.1 Å². The smallest absolute Gasteiger partial charge is 0.131 e. The summed E-state index contributed by atoms with van der Waals surface area (Å²) in [6.07, 6.45) is 0. The first-order valence-corrected chi connectivity index (χ1v) is 0.690. The Morgan fingerprint density at radius 2 is 1.75 bits per heavy atom. The zero-order valence-electron chi connectivity index (χ0n) is 1.59. The quantitative estimate of drug-likeness (QED) is 0.346. The van der Waals surface area contributed by atoms with Gasteiger partial charge in [-0.05, 0) is 0 Å². The Labute approximate surface area is 39.1 Å². The van der Waals surface area contributed by atoms with Crippen molar-refractivity contribution in [2.24, 2.45) is 4.70 Å². The number of hydrogen-bond acceptors (Lipinski definition) is 2. The fourth-order valence-electron chi connectivity index (χ4n) is 0. The Morgan fingerprint density at radius 3 is 1.75 bits per heavy atom. The molecule has 0 fully saturated rings. The average Bonchev–Trinajstić information content (AvgIpc) is 0.918. The third kappa shape index (κ3) is 28.5. The summed E-state index contributed by atoms with van der Waals surface area (Å²) < 4.78 is 1.72. The molecule has 0 unspecified atom stereocenters. The maximum atomic E-state index is 8.32. The second-order valence-corrected chi connectivity index (χ2v) is 0.207. The van der Waals surface area contributed by atoms with Crippen LogP contribution >= 0.6 is 11.8 Å². The fourth-order valence-corrected chi connectivity index (χ4v) is 0. The topological polar surface area (TPSA) is 29.4 Å². The van der Waals surface area contributed by atoms with Crippen LogP contribution in [0, 0.1) is 4.91 Å². The van der Waals surface area contributed by atoms with Crippen molar-refractivity contribution in [3.8, 4) is 0 Å². The van der Waals surface area contributed by atoms with Crippen LogP contribution in [0.5, 0.6) is 0 Å². The van der Waals surface area contributed by atoms with Gasteiger partial charge in [0.05, 0.1) is 11.8 Å². The summed E-state index contributed by atoms with van der Waals surface area (Å²) in [6.45, 7) is 0. The van der Waals surface area contributed by atoms with Crippen LogP contribution in [0.4, 0.5) is 0 Å². The van der Waals surface area contributed by atoms with E-state index in [2.05, 4.69) is 11.8 Å². The minimum atomic E-state index is 0. The standard InChI is InChI=1S/ClNO.Fe/c1-2-3;/q;+2. The molecule has 0 radical (unpaired) electrons. The van der Waals surface area contributed by atoms with Gasteiger partial charge in [-0.25, -0.2) is 0 Å². The van der Waals surface area contributed by atoms with Crippen molar-refractivity contribution in [1.29, 1.82) is 0 Å². The zero-order valence-corrected chi connectivity index (χ0v) is 3.45. The summed E-state index contributed by atoms with van der Waals surface area (Å²) in [4.78, 5) is 8.32. The van der Waals surface area contributed by atoms with E-state index in [-0.39, 0.29) is 17.1 Å². The predicted molar refractivity (Wildman–Crippen MR) is 11.6 cm³/mol. The summed E-state index contributed by atoms with van der Waals surface area (Å²) in [5.74, 6) is 0. The van der Waals surface area contributed by atoms with E-state index in [0.29, 0.717) is 0 Å². The molecule has 0 saturated carbocycles. The van der Waals surface area contributed by atoms with Crippen LogP contribution < -0.4 is 0 Å². The maximum absolute atomic E-state index is 8.32. The number of rotatable bonds is 0. The number of nitroso groups, excluding NO2 is 1. The molecule has 24 valence electrons. The largest absolute Gasteiger partial charge is 2.00 e. The predicted octanol–water partition coefficient (Wildman–Crippen LogP) is 0.904. The van der Waals surface area contributed by atoms with Gasteiger partial charge in [-0.15, -0.1) is 4.91 Å². The molecule has 4 heteroatoms. The van der Waals surface area contributed by atoms with Gasteiger partial charge in [-0.2, -0.15) is 0 Å². The number of hydrogen-bond donors (Lipinski definition) is 0. The van der Waals surface area contributed by atoms with Gasteiger partial charge >= 0.3 is 17.1 Å². The molecule has 2 nitrogen and oxygen atoms in total. The minimum absolute atomic E-state index is 0. The molecule has 0 spiro atoms. The summed E-state index contributed by atoms with van der Waals surface area (Å²) in [5, 5.41) is 0. The molecular formula is ClFeNO+2. The van der Waals surface area contributed by atoms with E-state index in [9.17, 15) is 0 Å². The molecule has 0 aliphatic heterocycles. The molecule has 0 aromatic carbocycles. The molecule has 0 N–H and O–H groups in total. The van der Waals surface area contributed by atoms with E-state index >= 15 is 0 Å². The van der Waals surface area contributed by atoms with Crippen LogP contribution in [0.25, 0.3) is 0 Å². The Bertz CT molecular complexity index is 15.5. The van der Waals surface area contributed by atoms with E-state index in [1.807, 2.05) is 0 Å². The third-order valence-electron chi connectivity index (χ3n) is 0. The van der Waals surface area contributed by atoms with Crippen molar-refractivity contribution in [2.75, 3.05) is 0 Å². The van der Waals surface area contributed by atoms with Crippen LogP contribution in [0.1, 0.15) is 0 Å². The van der Waals surface area contributed by atoms with Crippen molar-refractivity contribution in [1.82, 2.24) is 0 Å². The Hall–Kier alpha value is 0.409. The molecule has 0 rings (SSSR count). The van der Waals surface area contributed by atoms with Crippen LogP contribution in [0.3, 0.4) is 0 Å². The maximum Gasteiger partial charge on any atom is 2.00 e. The van der Waals surface area contributed by atoms with Gasteiger partial charge in [0.15, 0.2) is 0 Å². The average molecular weight is 121 g/mol. The Balaban J connectivity index is 0. The second-order valence-electron chi connectivity index (χ2n) is 0.0690. The van der Waals surface area contributed by atoms with Crippen molar-refractivity contribution < 1.29 is 17.1 Å². The molecule has 0 bridgehead atoms. The van der Waals surface area contributed by atoms with Gasteiger partial charge in [0.1, 0.15) is 0 Å². The summed E-state index contributed by atoms with van der Waals surface area (Å²) in [5.41, 5.74) is 0. The van der Waals surface area contributed by atoms with E-state index in [1.165, 1.54) is 0 Å². The van der Waals surface area contributed by atoms with Gasteiger partial charge in [0, 0.05) is 4.70 Å². The van der Waals surface area contributed by atoms with Crippen molar-refractivity contribution in [2.45, 2.75) is 0 Å². The van der Waals surface area contributed by atoms with E-state index in [0.717, 1.165) is 0 Å². The normalized spacial score (nSPS) is 3.25. The molecule has 0 aliphatic carbocycles. The van der Waals surface area contributed by atoms with Gasteiger partial charge in [0.2, 0.25) is 0 Å². The summed E-state index contributed by atoms with van der Waals surface area (Å²) >= 11 is 4.07. The van der Waals surface area contributed by atoms with Crippen LogP contribution in [0.15, 0.2) is 4.70 Å². The molecule has 0 amide bonds. The molecule has 0 aliphatic rings. The van der Waals surface area contributed by atoms with Crippen molar-refractivity contribution in [3.63, 3.8) is 0 Å². The molecule has 0 aromatic rings. The Kier molecular flexibility index (Phi) is 22.0. The molecular weight excluding hydrogens is 121 g/mol. The van der Waals surface area contributed by atoms with Gasteiger partial charge in [-0.1, -0.05) is 0 Å². The Morgan fingerprint density at radius 1 is 1.75 bits per heavy atom. The van der Waals surface area contributed by atoms with Gasteiger partial charge in [0.25, 0.3) is 0 Å². The third-order valence-corrected chi connectivity index (χ3v) is 0. The molecule has 0 heterocycles. The first kappa shape index (κ1) is 8.83. The zero-order chi connectivity index (χ0) is 2.71. The van der Waals surface area contributed by atoms with Gasteiger partial charge < -0.3 is 0 Å². The van der Waals surface area contributed by atoms with E-state index in [1.54, 1.807) is 4.70 Å². The monoisotopic (exact) mass is 121 g/mol. The second kappa shape index (κ2) is 9.96. The molecule has 4 heavy (non-hydrogen) atoms. The molecule has 0 atom stereocenters. The number of halogens is 1. The molecule has 0 saturated heterocycles. The summed E-state index contributed by atoms with van der Waals surface area (Å²) in [7, 11) is 0.